The molecule has 0 bridgehead atoms. The van der Waals surface area contributed by atoms with Crippen molar-refractivity contribution in [1.29, 1.82) is 0 Å². The quantitative estimate of drug-likeness (QED) is 0.0876. The average molecular weight is 501 g/mol. The SMILES string of the molecule is CCCCCCCCCCCCCC(CCCCCCCCCCCC)[N+](C)(C)Cc1ccccc1. The van der Waals surface area contributed by atoms with Gasteiger partial charge in [0.15, 0.2) is 0 Å². The van der Waals surface area contributed by atoms with Crippen LogP contribution in [0.25, 0.3) is 0 Å². The van der Waals surface area contributed by atoms with E-state index >= 15 is 0 Å². The molecule has 0 aliphatic carbocycles. The molecule has 1 unspecified atom stereocenters. The van der Waals surface area contributed by atoms with Crippen molar-refractivity contribution in [1.82, 2.24) is 0 Å². The highest BCUT2D eigenvalue weighted by atomic mass is 15.3. The molecule has 36 heavy (non-hydrogen) atoms. The van der Waals surface area contributed by atoms with Gasteiger partial charge in [-0.05, 0) is 25.7 Å². The Labute approximate surface area is 228 Å². The summed E-state index contributed by atoms with van der Waals surface area (Å²) in [5, 5.41) is 0. The van der Waals surface area contributed by atoms with Crippen LogP contribution in [0, 0.1) is 0 Å². The van der Waals surface area contributed by atoms with E-state index in [4.69, 9.17) is 0 Å². The lowest BCUT2D eigenvalue weighted by Crippen LogP contribution is -2.48. The van der Waals surface area contributed by atoms with E-state index in [0.29, 0.717) is 0 Å². The fourth-order valence-corrected chi connectivity index (χ4v) is 5.94. The molecule has 1 aromatic carbocycles. The second-order valence-corrected chi connectivity index (χ2v) is 12.4. The van der Waals surface area contributed by atoms with E-state index in [1.54, 1.807) is 0 Å². The lowest BCUT2D eigenvalue weighted by Gasteiger charge is -2.39. The highest BCUT2D eigenvalue weighted by Crippen LogP contribution is 2.25. The van der Waals surface area contributed by atoms with Crippen LogP contribution in [0.2, 0.25) is 0 Å². The predicted octanol–water partition coefficient (Wildman–Crippen LogP) is 11.6. The normalized spacial score (nSPS) is 12.8. The highest BCUT2D eigenvalue weighted by Gasteiger charge is 2.27. The molecule has 0 aliphatic heterocycles. The zero-order valence-electron chi connectivity index (χ0n) is 25.4. The summed E-state index contributed by atoms with van der Waals surface area (Å²) >= 11 is 0. The Bertz CT molecular complexity index is 563. The minimum Gasteiger partial charge on any atom is -0.322 e. The van der Waals surface area contributed by atoms with E-state index in [2.05, 4.69) is 58.3 Å². The van der Waals surface area contributed by atoms with Crippen LogP contribution in [-0.4, -0.2) is 24.6 Å². The molecule has 0 aromatic heterocycles. The zero-order chi connectivity index (χ0) is 26.2. The van der Waals surface area contributed by atoms with Gasteiger partial charge in [-0.1, -0.05) is 166 Å². The van der Waals surface area contributed by atoms with Crippen LogP contribution in [0.5, 0.6) is 0 Å². The van der Waals surface area contributed by atoms with Crippen molar-refractivity contribution in [2.75, 3.05) is 14.1 Å². The third-order valence-corrected chi connectivity index (χ3v) is 8.45. The van der Waals surface area contributed by atoms with Crippen LogP contribution in [0.3, 0.4) is 0 Å². The first-order valence-electron chi connectivity index (χ1n) is 16.5. The largest absolute Gasteiger partial charge is 0.322 e. The molecule has 0 amide bonds. The fraction of sp³-hybridized carbons (Fsp3) is 0.829. The molecule has 1 rings (SSSR count). The molecule has 1 heteroatoms. The molecule has 1 nitrogen and oxygen atoms in total. The number of nitrogens with zero attached hydrogens (tertiary/aromatic N) is 1. The van der Waals surface area contributed by atoms with E-state index in [-0.39, 0.29) is 0 Å². The summed E-state index contributed by atoms with van der Waals surface area (Å²) < 4.78 is 1.15. The Morgan fingerprint density at radius 2 is 0.806 bits per heavy atom. The molecule has 0 radical (unpaired) electrons. The fourth-order valence-electron chi connectivity index (χ4n) is 5.94. The second-order valence-electron chi connectivity index (χ2n) is 12.4. The van der Waals surface area contributed by atoms with Crippen LogP contribution in [-0.2, 0) is 6.54 Å². The van der Waals surface area contributed by atoms with Crippen molar-refractivity contribution in [3.63, 3.8) is 0 Å². The smallest absolute Gasteiger partial charge is 0.104 e. The molecule has 210 valence electrons. The van der Waals surface area contributed by atoms with E-state index < -0.39 is 0 Å². The van der Waals surface area contributed by atoms with E-state index in [0.717, 1.165) is 10.5 Å². The van der Waals surface area contributed by atoms with Gasteiger partial charge in [-0.2, -0.15) is 0 Å². The molecule has 1 aromatic rings. The average Bonchev–Trinajstić information content (AvgIpc) is 2.87. The third-order valence-electron chi connectivity index (χ3n) is 8.45. The maximum Gasteiger partial charge on any atom is 0.104 e. The Hall–Kier alpha value is -0.820. The van der Waals surface area contributed by atoms with Gasteiger partial charge >= 0.3 is 0 Å². The molecular formula is C35H66N+. The molecule has 0 N–H and O–H groups in total. The van der Waals surface area contributed by atoms with Crippen molar-refractivity contribution in [3.05, 3.63) is 35.9 Å². The van der Waals surface area contributed by atoms with Gasteiger partial charge in [-0.15, -0.1) is 0 Å². The number of hydrogen-bond acceptors (Lipinski definition) is 0. The van der Waals surface area contributed by atoms with Crippen LogP contribution >= 0.6 is 0 Å². The number of unbranched alkanes of at least 4 members (excludes halogenated alkanes) is 19. The summed E-state index contributed by atoms with van der Waals surface area (Å²) in [5.41, 5.74) is 1.49. The van der Waals surface area contributed by atoms with Crippen molar-refractivity contribution in [3.8, 4) is 0 Å². The Morgan fingerprint density at radius 3 is 1.17 bits per heavy atom. The molecule has 1 atom stereocenters. The lowest BCUT2D eigenvalue weighted by molar-refractivity contribution is -0.928. The minimum absolute atomic E-state index is 0.804. The van der Waals surface area contributed by atoms with Crippen LogP contribution in [0.1, 0.15) is 167 Å². The van der Waals surface area contributed by atoms with Gasteiger partial charge in [0.25, 0.3) is 0 Å². The highest BCUT2D eigenvalue weighted by molar-refractivity contribution is 5.13. The van der Waals surface area contributed by atoms with Gasteiger partial charge in [0.2, 0.25) is 0 Å². The number of benzene rings is 1. The van der Waals surface area contributed by atoms with Crippen molar-refractivity contribution < 1.29 is 4.48 Å². The van der Waals surface area contributed by atoms with Crippen molar-refractivity contribution in [2.45, 2.75) is 174 Å². The van der Waals surface area contributed by atoms with E-state index in [9.17, 15) is 0 Å². The van der Waals surface area contributed by atoms with Crippen LogP contribution in [0.15, 0.2) is 30.3 Å². The first kappa shape index (κ1) is 33.2. The molecule has 0 spiro atoms. The first-order chi connectivity index (χ1) is 17.6. The summed E-state index contributed by atoms with van der Waals surface area (Å²) in [6.07, 6.45) is 33.1. The molecule has 0 saturated heterocycles. The van der Waals surface area contributed by atoms with Gasteiger partial charge in [0.05, 0.1) is 20.1 Å². The summed E-state index contributed by atoms with van der Waals surface area (Å²) in [5.74, 6) is 0. The number of quaternary nitrogens is 1. The van der Waals surface area contributed by atoms with Gasteiger partial charge in [-0.3, -0.25) is 0 Å². The number of hydrogen-bond donors (Lipinski definition) is 0. The Morgan fingerprint density at radius 1 is 0.472 bits per heavy atom. The molecule has 0 heterocycles. The first-order valence-corrected chi connectivity index (χ1v) is 16.5. The molecule has 0 fully saturated rings. The summed E-state index contributed by atoms with van der Waals surface area (Å²) in [6.45, 7) is 5.79. The zero-order valence-corrected chi connectivity index (χ0v) is 25.4. The van der Waals surface area contributed by atoms with Crippen LogP contribution in [0.4, 0.5) is 0 Å². The Balaban J connectivity index is 2.29. The predicted molar refractivity (Wildman–Crippen MR) is 164 cm³/mol. The van der Waals surface area contributed by atoms with E-state index in [1.807, 2.05) is 0 Å². The van der Waals surface area contributed by atoms with Gasteiger partial charge in [-0.25, -0.2) is 0 Å². The van der Waals surface area contributed by atoms with Crippen LogP contribution < -0.4 is 0 Å². The summed E-state index contributed by atoms with van der Waals surface area (Å²) in [6, 6.07) is 12.0. The number of rotatable bonds is 26. The maximum atomic E-state index is 2.49. The van der Waals surface area contributed by atoms with Gasteiger partial charge in [0, 0.05) is 5.56 Å². The Kier molecular flexibility index (Phi) is 21.5. The van der Waals surface area contributed by atoms with E-state index in [1.165, 1.54) is 160 Å². The molecule has 0 aliphatic rings. The van der Waals surface area contributed by atoms with Gasteiger partial charge in [0.1, 0.15) is 6.54 Å². The third kappa shape index (κ3) is 18.4. The second kappa shape index (κ2) is 23.3. The van der Waals surface area contributed by atoms with Crippen molar-refractivity contribution in [2.24, 2.45) is 0 Å². The standard InChI is InChI=1S/C35H66N/c1-5-7-9-11-13-15-17-19-21-23-28-32-35(36(3,4)33-34-29-25-24-26-30-34)31-27-22-20-18-16-14-12-10-8-6-2/h24-26,29-30,35H,5-23,27-28,31-33H2,1-4H3/q+1. The topological polar surface area (TPSA) is 0 Å². The summed E-state index contributed by atoms with van der Waals surface area (Å²) in [4.78, 5) is 0. The maximum absolute atomic E-state index is 2.49. The van der Waals surface area contributed by atoms with Gasteiger partial charge < -0.3 is 4.48 Å². The van der Waals surface area contributed by atoms with Crippen molar-refractivity contribution >= 4 is 0 Å². The molecule has 0 saturated carbocycles. The molecular weight excluding hydrogens is 434 g/mol. The monoisotopic (exact) mass is 501 g/mol. The minimum atomic E-state index is 0.804. The lowest BCUT2D eigenvalue weighted by atomic mass is 9.96. The summed E-state index contributed by atoms with van der Waals surface area (Å²) in [7, 11) is 4.99.